The molecular formula is C12H21NO4. The third-order valence-electron chi connectivity index (χ3n) is 2.67. The Hall–Kier alpha value is -1.26. The largest absolute Gasteiger partial charge is 0.469 e. The van der Waals surface area contributed by atoms with Gasteiger partial charge in [-0.15, -0.1) is 0 Å². The van der Waals surface area contributed by atoms with Crippen LogP contribution in [0.15, 0.2) is 0 Å². The number of rotatable bonds is 2. The zero-order chi connectivity index (χ0) is 13.1. The molecule has 5 nitrogen and oxygen atoms in total. The molecule has 1 aliphatic carbocycles. The molecule has 0 aromatic heterocycles. The molecule has 0 aliphatic heterocycles. The first-order valence-corrected chi connectivity index (χ1v) is 5.88. The number of carbonyl (C=O) groups excluding carboxylic acids is 2. The number of esters is 1. The van der Waals surface area contributed by atoms with Crippen LogP contribution in [-0.4, -0.2) is 30.8 Å². The highest BCUT2D eigenvalue weighted by atomic mass is 16.6. The first-order valence-electron chi connectivity index (χ1n) is 5.88. The zero-order valence-corrected chi connectivity index (χ0v) is 10.9. The molecule has 0 aromatic rings. The standard InChI is InChI=1S/C12H21NO4/c1-12(2,3)13-11(15)17-9-6-5-8(7-9)10(14)16-4/h8-9H,5-7H2,1-4H3,(H,13,15). The second-order valence-corrected chi connectivity index (χ2v) is 5.44. The lowest BCUT2D eigenvalue weighted by atomic mass is 10.1. The molecule has 2 unspecified atom stereocenters. The van der Waals surface area contributed by atoms with Crippen LogP contribution in [0.5, 0.6) is 0 Å². The van der Waals surface area contributed by atoms with E-state index in [0.29, 0.717) is 6.42 Å². The van der Waals surface area contributed by atoms with Crippen molar-refractivity contribution in [3.05, 3.63) is 0 Å². The van der Waals surface area contributed by atoms with Gasteiger partial charge in [-0.3, -0.25) is 4.79 Å². The van der Waals surface area contributed by atoms with E-state index in [1.807, 2.05) is 20.8 Å². The SMILES string of the molecule is COC(=O)C1CCC(OC(=O)NC(C)(C)C)C1. The maximum Gasteiger partial charge on any atom is 0.407 e. The quantitative estimate of drug-likeness (QED) is 0.752. The number of methoxy groups -OCH3 is 1. The molecule has 98 valence electrons. The molecule has 1 fully saturated rings. The predicted octanol–water partition coefficient (Wildman–Crippen LogP) is 1.85. The van der Waals surface area contributed by atoms with Crippen molar-refractivity contribution in [2.75, 3.05) is 7.11 Å². The van der Waals surface area contributed by atoms with Gasteiger partial charge in [-0.2, -0.15) is 0 Å². The lowest BCUT2D eigenvalue weighted by Crippen LogP contribution is -2.42. The van der Waals surface area contributed by atoms with Gasteiger partial charge in [-0.05, 0) is 40.0 Å². The number of hydrogen-bond donors (Lipinski definition) is 1. The molecular weight excluding hydrogens is 222 g/mol. The first kappa shape index (κ1) is 13.8. The lowest BCUT2D eigenvalue weighted by Gasteiger charge is -2.21. The van der Waals surface area contributed by atoms with Gasteiger partial charge in [0, 0.05) is 5.54 Å². The highest BCUT2D eigenvalue weighted by Crippen LogP contribution is 2.28. The second-order valence-electron chi connectivity index (χ2n) is 5.44. The third kappa shape index (κ3) is 4.63. The van der Waals surface area contributed by atoms with Gasteiger partial charge in [0.05, 0.1) is 13.0 Å². The van der Waals surface area contributed by atoms with Crippen LogP contribution >= 0.6 is 0 Å². The van der Waals surface area contributed by atoms with Gasteiger partial charge in [0.25, 0.3) is 0 Å². The minimum Gasteiger partial charge on any atom is -0.469 e. The van der Waals surface area contributed by atoms with Crippen molar-refractivity contribution in [1.29, 1.82) is 0 Å². The van der Waals surface area contributed by atoms with Crippen molar-refractivity contribution < 1.29 is 19.1 Å². The van der Waals surface area contributed by atoms with E-state index in [4.69, 9.17) is 4.74 Å². The number of amides is 1. The molecule has 0 saturated heterocycles. The predicted molar refractivity (Wildman–Crippen MR) is 62.5 cm³/mol. The molecule has 0 aromatic carbocycles. The van der Waals surface area contributed by atoms with E-state index in [-0.39, 0.29) is 23.5 Å². The number of carbonyl (C=O) groups is 2. The van der Waals surface area contributed by atoms with Crippen molar-refractivity contribution >= 4 is 12.1 Å². The summed E-state index contributed by atoms with van der Waals surface area (Å²) in [4.78, 5) is 22.8. The summed E-state index contributed by atoms with van der Waals surface area (Å²) in [6.07, 6.45) is 1.40. The van der Waals surface area contributed by atoms with E-state index < -0.39 is 6.09 Å². The topological polar surface area (TPSA) is 64.6 Å². The van der Waals surface area contributed by atoms with E-state index in [9.17, 15) is 9.59 Å². The van der Waals surface area contributed by atoms with Crippen molar-refractivity contribution in [2.24, 2.45) is 5.92 Å². The Kier molecular flexibility index (Phi) is 4.37. The minimum absolute atomic E-state index is 0.132. The first-order chi connectivity index (χ1) is 7.81. The van der Waals surface area contributed by atoms with Crippen molar-refractivity contribution in [1.82, 2.24) is 5.32 Å². The van der Waals surface area contributed by atoms with Gasteiger partial charge in [-0.25, -0.2) is 4.79 Å². The summed E-state index contributed by atoms with van der Waals surface area (Å²) in [5.74, 6) is -0.347. The molecule has 1 aliphatic rings. The van der Waals surface area contributed by atoms with Crippen LogP contribution in [0.25, 0.3) is 0 Å². The number of nitrogens with one attached hydrogen (secondary N) is 1. The normalized spacial score (nSPS) is 24.2. The van der Waals surface area contributed by atoms with Crippen molar-refractivity contribution in [3.63, 3.8) is 0 Å². The van der Waals surface area contributed by atoms with Gasteiger partial charge < -0.3 is 14.8 Å². The maximum absolute atomic E-state index is 11.5. The van der Waals surface area contributed by atoms with Gasteiger partial charge in [-0.1, -0.05) is 0 Å². The van der Waals surface area contributed by atoms with Crippen molar-refractivity contribution in [3.8, 4) is 0 Å². The Morgan fingerprint density at radius 3 is 2.41 bits per heavy atom. The zero-order valence-electron chi connectivity index (χ0n) is 10.9. The van der Waals surface area contributed by atoms with Gasteiger partial charge in [0.1, 0.15) is 6.10 Å². The number of alkyl carbamates (subject to hydrolysis) is 1. The van der Waals surface area contributed by atoms with Gasteiger partial charge >= 0.3 is 12.1 Å². The molecule has 0 radical (unpaired) electrons. The molecule has 0 heterocycles. The van der Waals surface area contributed by atoms with E-state index in [1.54, 1.807) is 0 Å². The summed E-state index contributed by atoms with van der Waals surface area (Å²) >= 11 is 0. The monoisotopic (exact) mass is 243 g/mol. The molecule has 0 bridgehead atoms. The van der Waals surface area contributed by atoms with Gasteiger partial charge in [0.15, 0.2) is 0 Å². The Morgan fingerprint density at radius 1 is 1.24 bits per heavy atom. The number of ether oxygens (including phenoxy) is 2. The summed E-state index contributed by atoms with van der Waals surface area (Å²) in [6, 6.07) is 0. The molecule has 1 amide bonds. The molecule has 0 spiro atoms. The summed E-state index contributed by atoms with van der Waals surface area (Å²) < 4.78 is 9.93. The molecule has 17 heavy (non-hydrogen) atoms. The van der Waals surface area contributed by atoms with Crippen LogP contribution in [0.1, 0.15) is 40.0 Å². The average molecular weight is 243 g/mol. The number of hydrogen-bond acceptors (Lipinski definition) is 4. The van der Waals surface area contributed by atoms with E-state index in [1.165, 1.54) is 7.11 Å². The van der Waals surface area contributed by atoms with E-state index in [2.05, 4.69) is 10.1 Å². The highest BCUT2D eigenvalue weighted by molar-refractivity contribution is 5.73. The molecule has 1 rings (SSSR count). The maximum atomic E-state index is 11.5. The molecule has 5 heteroatoms. The van der Waals surface area contributed by atoms with E-state index >= 15 is 0 Å². The van der Waals surface area contributed by atoms with Crippen molar-refractivity contribution in [2.45, 2.75) is 51.7 Å². The smallest absolute Gasteiger partial charge is 0.407 e. The molecule has 1 N–H and O–H groups in total. The second kappa shape index (κ2) is 5.38. The summed E-state index contributed by atoms with van der Waals surface area (Å²) in [6.45, 7) is 5.67. The minimum atomic E-state index is -0.423. The lowest BCUT2D eigenvalue weighted by molar-refractivity contribution is -0.145. The fourth-order valence-electron chi connectivity index (χ4n) is 1.91. The third-order valence-corrected chi connectivity index (χ3v) is 2.67. The van der Waals surface area contributed by atoms with Crippen LogP contribution in [-0.2, 0) is 14.3 Å². The Balaban J connectivity index is 2.35. The molecule has 1 saturated carbocycles. The average Bonchev–Trinajstić information content (AvgIpc) is 2.62. The molecule has 2 atom stereocenters. The van der Waals surface area contributed by atoms with Crippen LogP contribution in [0.4, 0.5) is 4.79 Å². The van der Waals surface area contributed by atoms with Crippen LogP contribution in [0, 0.1) is 5.92 Å². The summed E-state index contributed by atoms with van der Waals surface area (Å²) in [5, 5.41) is 2.73. The van der Waals surface area contributed by atoms with E-state index in [0.717, 1.165) is 12.8 Å². The fraction of sp³-hybridized carbons (Fsp3) is 0.833. The Morgan fingerprint density at radius 2 is 1.88 bits per heavy atom. The van der Waals surface area contributed by atoms with Crippen LogP contribution in [0.3, 0.4) is 0 Å². The van der Waals surface area contributed by atoms with Crippen LogP contribution < -0.4 is 5.32 Å². The van der Waals surface area contributed by atoms with Crippen LogP contribution in [0.2, 0.25) is 0 Å². The summed E-state index contributed by atoms with van der Waals surface area (Å²) in [5.41, 5.74) is -0.308. The summed E-state index contributed by atoms with van der Waals surface area (Å²) in [7, 11) is 1.38. The fourth-order valence-corrected chi connectivity index (χ4v) is 1.91. The highest BCUT2D eigenvalue weighted by Gasteiger charge is 2.33. The Labute approximate surface area is 102 Å². The van der Waals surface area contributed by atoms with Gasteiger partial charge in [0.2, 0.25) is 0 Å². The Bertz CT molecular complexity index is 295.